The molecular formula is C22H23NO3. The van der Waals surface area contributed by atoms with E-state index in [2.05, 4.69) is 29.6 Å². The number of carbonyl (C=O) groups is 1. The first-order chi connectivity index (χ1) is 12.5. The van der Waals surface area contributed by atoms with Crippen molar-refractivity contribution < 1.29 is 14.6 Å². The van der Waals surface area contributed by atoms with Crippen molar-refractivity contribution in [1.29, 1.82) is 0 Å². The van der Waals surface area contributed by atoms with E-state index >= 15 is 0 Å². The zero-order valence-corrected chi connectivity index (χ0v) is 15.0. The van der Waals surface area contributed by atoms with E-state index in [0.29, 0.717) is 5.75 Å². The largest absolute Gasteiger partial charge is 0.484 e. The highest BCUT2D eigenvalue weighted by Crippen LogP contribution is 2.21. The molecule has 4 heteroatoms. The number of carbonyl (C=O) groups excluding carboxylic acids is 1. The molecule has 0 aliphatic carbocycles. The minimum atomic E-state index is -0.569. The van der Waals surface area contributed by atoms with Crippen molar-refractivity contribution in [3.05, 3.63) is 77.9 Å². The van der Waals surface area contributed by atoms with Crippen LogP contribution in [0, 0.1) is 0 Å². The molecule has 134 valence electrons. The van der Waals surface area contributed by atoms with Crippen molar-refractivity contribution in [2.45, 2.75) is 26.0 Å². The van der Waals surface area contributed by atoms with Gasteiger partial charge in [-0.15, -0.1) is 0 Å². The molecule has 3 aromatic carbocycles. The number of aliphatic hydroxyl groups is 1. The Bertz CT molecular complexity index is 905. The highest BCUT2D eigenvalue weighted by molar-refractivity contribution is 5.83. The smallest absolute Gasteiger partial charge is 0.258 e. The van der Waals surface area contributed by atoms with Crippen molar-refractivity contribution in [2.75, 3.05) is 6.61 Å². The van der Waals surface area contributed by atoms with Gasteiger partial charge in [0, 0.05) is 0 Å². The Kier molecular flexibility index (Phi) is 5.54. The van der Waals surface area contributed by atoms with Crippen LogP contribution in [0.4, 0.5) is 0 Å². The van der Waals surface area contributed by atoms with Gasteiger partial charge in [0.1, 0.15) is 5.75 Å². The maximum atomic E-state index is 12.2. The standard InChI is InChI=1S/C22H23NO3/c1-15(18-11-10-17-6-3-4-7-20(17)12-18)23-22(25)14-26-21-9-5-8-19(13-21)16(2)24/h3-13,15-16,24H,14H2,1-2H3,(H,23,25). The van der Waals surface area contributed by atoms with Crippen molar-refractivity contribution >= 4 is 16.7 Å². The summed E-state index contributed by atoms with van der Waals surface area (Å²) in [6.07, 6.45) is -0.569. The fourth-order valence-corrected chi connectivity index (χ4v) is 2.86. The molecule has 3 rings (SSSR count). The Morgan fingerprint density at radius 1 is 0.962 bits per heavy atom. The minimum absolute atomic E-state index is 0.0683. The predicted octanol–water partition coefficient (Wildman–Crippen LogP) is 4.15. The van der Waals surface area contributed by atoms with E-state index in [4.69, 9.17) is 4.74 Å². The van der Waals surface area contributed by atoms with E-state index < -0.39 is 6.10 Å². The van der Waals surface area contributed by atoms with Crippen LogP contribution in [0.1, 0.15) is 37.1 Å². The summed E-state index contributed by atoms with van der Waals surface area (Å²) in [6, 6.07) is 21.3. The average Bonchev–Trinajstić information content (AvgIpc) is 2.66. The molecule has 2 atom stereocenters. The van der Waals surface area contributed by atoms with Crippen LogP contribution in [-0.4, -0.2) is 17.6 Å². The molecule has 0 aliphatic rings. The van der Waals surface area contributed by atoms with Gasteiger partial charge in [-0.25, -0.2) is 0 Å². The number of benzene rings is 3. The molecule has 4 nitrogen and oxygen atoms in total. The lowest BCUT2D eigenvalue weighted by Crippen LogP contribution is -2.31. The monoisotopic (exact) mass is 349 g/mol. The van der Waals surface area contributed by atoms with Crippen molar-refractivity contribution in [3.63, 3.8) is 0 Å². The molecule has 2 unspecified atom stereocenters. The normalized spacial score (nSPS) is 13.2. The quantitative estimate of drug-likeness (QED) is 0.703. The third-order valence-corrected chi connectivity index (χ3v) is 4.36. The van der Waals surface area contributed by atoms with Crippen LogP contribution in [0.15, 0.2) is 66.7 Å². The zero-order valence-electron chi connectivity index (χ0n) is 15.0. The molecule has 0 aliphatic heterocycles. The van der Waals surface area contributed by atoms with E-state index in [1.807, 2.05) is 31.2 Å². The summed E-state index contributed by atoms with van der Waals surface area (Å²) in [5.74, 6) is 0.380. The van der Waals surface area contributed by atoms with Gasteiger partial charge in [0.05, 0.1) is 12.1 Å². The summed E-state index contributed by atoms with van der Waals surface area (Å²) < 4.78 is 5.54. The summed E-state index contributed by atoms with van der Waals surface area (Å²) in [6.45, 7) is 3.58. The molecule has 0 spiro atoms. The fourth-order valence-electron chi connectivity index (χ4n) is 2.86. The van der Waals surface area contributed by atoms with Gasteiger partial charge >= 0.3 is 0 Å². The van der Waals surface area contributed by atoms with Crippen LogP contribution in [0.25, 0.3) is 10.8 Å². The molecule has 0 heterocycles. The van der Waals surface area contributed by atoms with E-state index in [1.54, 1.807) is 25.1 Å². The number of hydrogen-bond acceptors (Lipinski definition) is 3. The van der Waals surface area contributed by atoms with Gasteiger partial charge < -0.3 is 15.2 Å². The Balaban J connectivity index is 1.59. The van der Waals surface area contributed by atoms with Gasteiger partial charge in [-0.05, 0) is 53.9 Å². The van der Waals surface area contributed by atoms with Crippen molar-refractivity contribution in [2.24, 2.45) is 0 Å². The van der Waals surface area contributed by atoms with Crippen LogP contribution in [-0.2, 0) is 4.79 Å². The van der Waals surface area contributed by atoms with Gasteiger partial charge in [-0.2, -0.15) is 0 Å². The number of hydrogen-bond donors (Lipinski definition) is 2. The zero-order chi connectivity index (χ0) is 18.5. The third-order valence-electron chi connectivity index (χ3n) is 4.36. The summed E-state index contributed by atoms with van der Waals surface area (Å²) in [7, 11) is 0. The number of fused-ring (bicyclic) bond motifs is 1. The molecular weight excluding hydrogens is 326 g/mol. The first-order valence-electron chi connectivity index (χ1n) is 8.72. The summed E-state index contributed by atoms with van der Waals surface area (Å²) in [5, 5.41) is 14.9. The van der Waals surface area contributed by atoms with Crippen LogP contribution in [0.2, 0.25) is 0 Å². The van der Waals surface area contributed by atoms with Crippen molar-refractivity contribution in [1.82, 2.24) is 5.32 Å². The second kappa shape index (κ2) is 8.02. The molecule has 0 saturated heterocycles. The van der Waals surface area contributed by atoms with Crippen LogP contribution in [0.5, 0.6) is 5.75 Å². The van der Waals surface area contributed by atoms with E-state index in [9.17, 15) is 9.90 Å². The number of aliphatic hydroxyl groups excluding tert-OH is 1. The average molecular weight is 349 g/mol. The summed E-state index contributed by atoms with van der Waals surface area (Å²) >= 11 is 0. The second-order valence-electron chi connectivity index (χ2n) is 6.43. The molecule has 2 N–H and O–H groups in total. The first kappa shape index (κ1) is 18.0. The Hall–Kier alpha value is -2.85. The molecule has 1 amide bonds. The summed E-state index contributed by atoms with van der Waals surface area (Å²) in [4.78, 5) is 12.2. The SMILES string of the molecule is CC(O)c1cccc(OCC(=O)NC(C)c2ccc3ccccc3c2)c1. The van der Waals surface area contributed by atoms with Gasteiger partial charge in [-0.3, -0.25) is 4.79 Å². The highest BCUT2D eigenvalue weighted by Gasteiger charge is 2.11. The third kappa shape index (κ3) is 4.41. The molecule has 0 saturated carbocycles. The predicted molar refractivity (Wildman–Crippen MR) is 103 cm³/mol. The number of nitrogens with one attached hydrogen (secondary N) is 1. The Morgan fingerprint density at radius 3 is 2.50 bits per heavy atom. The second-order valence-corrected chi connectivity index (χ2v) is 6.43. The lowest BCUT2D eigenvalue weighted by molar-refractivity contribution is -0.123. The first-order valence-corrected chi connectivity index (χ1v) is 8.72. The fraction of sp³-hybridized carbons (Fsp3) is 0.227. The molecule has 3 aromatic rings. The molecule has 0 aromatic heterocycles. The lowest BCUT2D eigenvalue weighted by Gasteiger charge is -2.16. The summed E-state index contributed by atoms with van der Waals surface area (Å²) in [5.41, 5.74) is 1.81. The molecule has 0 radical (unpaired) electrons. The number of amides is 1. The Labute approximate surface area is 153 Å². The van der Waals surface area contributed by atoms with Crippen LogP contribution >= 0.6 is 0 Å². The maximum absolute atomic E-state index is 12.2. The number of ether oxygens (including phenoxy) is 1. The van der Waals surface area contributed by atoms with Gasteiger partial charge in [0.15, 0.2) is 6.61 Å². The van der Waals surface area contributed by atoms with Crippen LogP contribution in [0.3, 0.4) is 0 Å². The van der Waals surface area contributed by atoms with Crippen LogP contribution < -0.4 is 10.1 Å². The lowest BCUT2D eigenvalue weighted by atomic mass is 10.0. The van der Waals surface area contributed by atoms with E-state index in [1.165, 1.54) is 5.39 Å². The topological polar surface area (TPSA) is 58.6 Å². The van der Waals surface area contributed by atoms with Gasteiger partial charge in [-0.1, -0.05) is 48.5 Å². The molecule has 26 heavy (non-hydrogen) atoms. The molecule has 0 fully saturated rings. The highest BCUT2D eigenvalue weighted by atomic mass is 16.5. The maximum Gasteiger partial charge on any atom is 0.258 e. The van der Waals surface area contributed by atoms with Crippen molar-refractivity contribution in [3.8, 4) is 5.75 Å². The number of rotatable bonds is 6. The van der Waals surface area contributed by atoms with E-state index in [0.717, 1.165) is 16.5 Å². The van der Waals surface area contributed by atoms with Gasteiger partial charge in [0.2, 0.25) is 0 Å². The van der Waals surface area contributed by atoms with Gasteiger partial charge in [0.25, 0.3) is 5.91 Å². The van der Waals surface area contributed by atoms with E-state index in [-0.39, 0.29) is 18.6 Å². The molecule has 0 bridgehead atoms. The minimum Gasteiger partial charge on any atom is -0.484 e. The Morgan fingerprint density at radius 2 is 1.73 bits per heavy atom.